The second-order valence-electron chi connectivity index (χ2n) is 7.34. The summed E-state index contributed by atoms with van der Waals surface area (Å²) in [6.45, 7) is 11.6. The number of fused-ring (bicyclic) bond motifs is 2. The van der Waals surface area contributed by atoms with Crippen LogP contribution < -0.4 is 0 Å². The van der Waals surface area contributed by atoms with Crippen LogP contribution in [-0.4, -0.2) is 25.2 Å². The van der Waals surface area contributed by atoms with Crippen LogP contribution in [0.3, 0.4) is 0 Å². The van der Waals surface area contributed by atoms with Gasteiger partial charge in [-0.1, -0.05) is 30.7 Å². The number of esters is 2. The Labute approximate surface area is 159 Å². The summed E-state index contributed by atoms with van der Waals surface area (Å²) in [6.07, 6.45) is 13.4. The number of allylic oxidation sites excluding steroid dienone is 3. The minimum absolute atomic E-state index is 0.211. The Hall–Kier alpha value is -1.58. The fourth-order valence-electron chi connectivity index (χ4n) is 4.40. The van der Waals surface area contributed by atoms with Gasteiger partial charge in [0.25, 0.3) is 0 Å². The average Bonchev–Trinajstić information content (AvgIpc) is 3.19. The Morgan fingerprint density at radius 2 is 1.69 bits per heavy atom. The van der Waals surface area contributed by atoms with E-state index in [1.54, 1.807) is 13.8 Å². The summed E-state index contributed by atoms with van der Waals surface area (Å²) in [6, 6.07) is 0. The zero-order chi connectivity index (χ0) is 19.5. The minimum Gasteiger partial charge on any atom is -0.466 e. The van der Waals surface area contributed by atoms with E-state index in [0.29, 0.717) is 13.2 Å². The van der Waals surface area contributed by atoms with Gasteiger partial charge in [0, 0.05) is 19.8 Å². The van der Waals surface area contributed by atoms with Crippen molar-refractivity contribution in [1.29, 1.82) is 0 Å². The van der Waals surface area contributed by atoms with E-state index < -0.39 is 0 Å². The molecule has 4 nitrogen and oxygen atoms in total. The van der Waals surface area contributed by atoms with Gasteiger partial charge in [-0.15, -0.1) is 0 Å². The highest BCUT2D eigenvalue weighted by Crippen LogP contribution is 2.53. The predicted octanol–water partition coefficient (Wildman–Crippen LogP) is 5.08. The number of hydrogen-bond acceptors (Lipinski definition) is 4. The van der Waals surface area contributed by atoms with Crippen molar-refractivity contribution in [3.63, 3.8) is 0 Å². The molecular weight excluding hydrogens is 328 g/mol. The van der Waals surface area contributed by atoms with Gasteiger partial charge in [-0.05, 0) is 63.7 Å². The smallest absolute Gasteiger partial charge is 0.302 e. The van der Waals surface area contributed by atoms with Gasteiger partial charge in [0.05, 0.1) is 13.2 Å². The van der Waals surface area contributed by atoms with Crippen molar-refractivity contribution in [2.24, 2.45) is 23.7 Å². The first kappa shape index (κ1) is 22.5. The number of carbonyl (C=O) groups excluding carboxylic acids is 2. The second-order valence-corrected chi connectivity index (χ2v) is 7.34. The molecule has 2 saturated carbocycles. The summed E-state index contributed by atoms with van der Waals surface area (Å²) in [4.78, 5) is 19.6. The van der Waals surface area contributed by atoms with Crippen molar-refractivity contribution >= 4 is 11.9 Å². The van der Waals surface area contributed by atoms with E-state index >= 15 is 0 Å². The van der Waals surface area contributed by atoms with Crippen LogP contribution >= 0.6 is 0 Å². The molecule has 26 heavy (non-hydrogen) atoms. The monoisotopic (exact) mass is 364 g/mol. The molecule has 148 valence electrons. The Bertz CT molecular complexity index is 478. The Morgan fingerprint density at radius 3 is 2.04 bits per heavy atom. The number of carbonyl (C=O) groups is 2. The number of hydrogen-bond donors (Lipinski definition) is 0. The molecular formula is C22H36O4. The van der Waals surface area contributed by atoms with E-state index in [0.717, 1.165) is 23.7 Å². The summed E-state index contributed by atoms with van der Waals surface area (Å²) >= 11 is 0. The van der Waals surface area contributed by atoms with Crippen molar-refractivity contribution in [2.45, 2.75) is 66.2 Å². The van der Waals surface area contributed by atoms with Crippen molar-refractivity contribution < 1.29 is 19.1 Å². The van der Waals surface area contributed by atoms with Crippen LogP contribution in [0.1, 0.15) is 66.2 Å². The maximum atomic E-state index is 9.82. The van der Waals surface area contributed by atoms with E-state index in [1.807, 2.05) is 0 Å². The molecule has 0 amide bonds. The molecule has 0 spiro atoms. The van der Waals surface area contributed by atoms with Crippen molar-refractivity contribution in [1.82, 2.24) is 0 Å². The lowest BCUT2D eigenvalue weighted by Crippen LogP contribution is -2.22. The normalized spacial score (nSPS) is 28.4. The lowest BCUT2D eigenvalue weighted by molar-refractivity contribution is -0.141. The maximum Gasteiger partial charge on any atom is 0.302 e. The van der Waals surface area contributed by atoms with Crippen LogP contribution in [0.25, 0.3) is 0 Å². The molecule has 0 heterocycles. The lowest BCUT2D eigenvalue weighted by Gasteiger charge is -2.31. The van der Waals surface area contributed by atoms with E-state index in [2.05, 4.69) is 28.2 Å². The Balaban J connectivity index is 0.000000238. The molecule has 3 aliphatic carbocycles. The zero-order valence-corrected chi connectivity index (χ0v) is 17.0. The highest BCUT2D eigenvalue weighted by molar-refractivity contribution is 5.66. The van der Waals surface area contributed by atoms with E-state index in [4.69, 9.17) is 0 Å². The molecule has 4 unspecified atom stereocenters. The summed E-state index contributed by atoms with van der Waals surface area (Å²) in [5.74, 6) is 3.42. The van der Waals surface area contributed by atoms with Crippen LogP contribution in [0, 0.1) is 23.7 Å². The van der Waals surface area contributed by atoms with Crippen molar-refractivity contribution in [3.8, 4) is 0 Å². The van der Waals surface area contributed by atoms with Crippen LogP contribution in [0.15, 0.2) is 24.3 Å². The third-order valence-corrected chi connectivity index (χ3v) is 5.40. The van der Waals surface area contributed by atoms with Crippen LogP contribution in [0.4, 0.5) is 0 Å². The molecule has 0 N–H and O–H groups in total. The summed E-state index contributed by atoms with van der Waals surface area (Å²) in [5, 5.41) is 0. The van der Waals surface area contributed by atoms with E-state index in [1.165, 1.54) is 57.9 Å². The maximum absolute atomic E-state index is 9.82. The SMILES string of the molecule is C=C1CCC=CC1C1CC2CCC1C2.CCOC(C)=O.CCOC(C)=O. The van der Waals surface area contributed by atoms with Crippen molar-refractivity contribution in [2.75, 3.05) is 13.2 Å². The Kier molecular flexibility index (Phi) is 10.3. The lowest BCUT2D eigenvalue weighted by atomic mass is 9.73. The zero-order valence-electron chi connectivity index (χ0n) is 17.0. The predicted molar refractivity (Wildman–Crippen MR) is 105 cm³/mol. The first-order valence-electron chi connectivity index (χ1n) is 9.99. The first-order chi connectivity index (χ1) is 12.4. The summed E-state index contributed by atoms with van der Waals surface area (Å²) in [7, 11) is 0. The molecule has 3 rings (SSSR count). The molecule has 0 aliphatic heterocycles. The van der Waals surface area contributed by atoms with Gasteiger partial charge in [0.15, 0.2) is 0 Å². The average molecular weight is 365 g/mol. The number of ether oxygens (including phenoxy) is 2. The quantitative estimate of drug-likeness (QED) is 0.517. The third-order valence-electron chi connectivity index (χ3n) is 5.40. The molecule has 4 atom stereocenters. The topological polar surface area (TPSA) is 52.6 Å². The first-order valence-corrected chi connectivity index (χ1v) is 9.99. The highest BCUT2D eigenvalue weighted by atomic mass is 16.5. The second kappa shape index (κ2) is 11.9. The standard InChI is InChI=1S/C14H20.2C4H8O2/c1-10-4-2-3-5-13(10)14-9-11-6-7-12(14)8-11;2*1-3-6-4(2)5/h3,5,11-14H,1-2,4,6-9H2;2*3H2,1-2H3. The van der Waals surface area contributed by atoms with Gasteiger partial charge in [0.2, 0.25) is 0 Å². The van der Waals surface area contributed by atoms with Gasteiger partial charge < -0.3 is 9.47 Å². The molecule has 0 aromatic heterocycles. The van der Waals surface area contributed by atoms with Gasteiger partial charge in [-0.25, -0.2) is 0 Å². The van der Waals surface area contributed by atoms with Crippen LogP contribution in [0.5, 0.6) is 0 Å². The molecule has 0 radical (unpaired) electrons. The molecule has 3 aliphatic rings. The van der Waals surface area contributed by atoms with Crippen molar-refractivity contribution in [3.05, 3.63) is 24.3 Å². The fraction of sp³-hybridized carbons (Fsp3) is 0.727. The third kappa shape index (κ3) is 7.76. The Morgan fingerprint density at radius 1 is 1.08 bits per heavy atom. The van der Waals surface area contributed by atoms with Crippen LogP contribution in [0.2, 0.25) is 0 Å². The summed E-state index contributed by atoms with van der Waals surface area (Å²) in [5.41, 5.74) is 1.52. The molecule has 2 fully saturated rings. The van der Waals surface area contributed by atoms with E-state index in [-0.39, 0.29) is 11.9 Å². The molecule has 4 heteroatoms. The fourth-order valence-corrected chi connectivity index (χ4v) is 4.40. The minimum atomic E-state index is -0.211. The molecule has 0 aromatic rings. The molecule has 2 bridgehead atoms. The van der Waals surface area contributed by atoms with Crippen LogP contribution in [-0.2, 0) is 19.1 Å². The van der Waals surface area contributed by atoms with Gasteiger partial charge in [-0.2, -0.15) is 0 Å². The van der Waals surface area contributed by atoms with Gasteiger partial charge in [-0.3, -0.25) is 9.59 Å². The number of rotatable bonds is 3. The largest absolute Gasteiger partial charge is 0.466 e. The van der Waals surface area contributed by atoms with E-state index in [9.17, 15) is 9.59 Å². The molecule has 0 aromatic carbocycles. The summed E-state index contributed by atoms with van der Waals surface area (Å²) < 4.78 is 8.81. The molecule has 0 saturated heterocycles. The van der Waals surface area contributed by atoms with Gasteiger partial charge >= 0.3 is 11.9 Å². The highest BCUT2D eigenvalue weighted by Gasteiger charge is 2.43. The van der Waals surface area contributed by atoms with Gasteiger partial charge in [0.1, 0.15) is 0 Å².